The van der Waals surface area contributed by atoms with E-state index in [1.54, 1.807) is 11.3 Å². The molecule has 1 saturated carbocycles. The van der Waals surface area contributed by atoms with Crippen LogP contribution in [0.25, 0.3) is 10.2 Å². The maximum atomic E-state index is 11.5. The molecule has 0 spiro atoms. The Bertz CT molecular complexity index is 537. The monoisotopic (exact) mass is 236 g/mol. The summed E-state index contributed by atoms with van der Waals surface area (Å²) in [5.74, 6) is -0.719. The molecule has 3 rings (SSSR count). The number of aliphatic carboxylic acids is 1. The Morgan fingerprint density at radius 2 is 2.25 bits per heavy atom. The normalized spacial score (nSPS) is 19.2. The molecule has 0 radical (unpaired) electrons. The highest BCUT2D eigenvalue weighted by atomic mass is 32.1. The highest BCUT2D eigenvalue weighted by Crippen LogP contribution is 2.44. The fraction of sp³-hybridized carbons (Fsp3) is 0.455. The number of aromatic nitrogens is 2. The van der Waals surface area contributed by atoms with Gasteiger partial charge in [0.2, 0.25) is 0 Å². The molecule has 2 aromatic rings. The van der Waals surface area contributed by atoms with Gasteiger partial charge in [0, 0.05) is 0 Å². The van der Waals surface area contributed by atoms with Crippen molar-refractivity contribution in [2.75, 3.05) is 0 Å². The third-order valence-electron chi connectivity index (χ3n) is 3.50. The van der Waals surface area contributed by atoms with E-state index in [9.17, 15) is 9.90 Å². The van der Waals surface area contributed by atoms with Crippen molar-refractivity contribution in [3.05, 3.63) is 17.1 Å². The van der Waals surface area contributed by atoms with E-state index in [0.29, 0.717) is 0 Å². The molecule has 0 unspecified atom stereocenters. The lowest BCUT2D eigenvalue weighted by molar-refractivity contribution is -0.143. The Balaban J connectivity index is 2.21. The molecule has 5 heteroatoms. The lowest BCUT2D eigenvalue weighted by Crippen LogP contribution is -2.33. The van der Waals surface area contributed by atoms with E-state index >= 15 is 0 Å². The van der Waals surface area contributed by atoms with E-state index in [-0.39, 0.29) is 0 Å². The van der Waals surface area contributed by atoms with Crippen LogP contribution in [0, 0.1) is 0 Å². The highest BCUT2D eigenvalue weighted by molar-refractivity contribution is 7.17. The highest BCUT2D eigenvalue weighted by Gasteiger charge is 2.45. The largest absolute Gasteiger partial charge is 0.481 e. The second-order valence-corrected chi connectivity index (χ2v) is 5.24. The Kier molecular flexibility index (Phi) is 2.04. The molecule has 1 aliphatic carbocycles. The summed E-state index contributed by atoms with van der Waals surface area (Å²) in [6.45, 7) is 0. The summed E-state index contributed by atoms with van der Waals surface area (Å²) in [4.78, 5) is 11.5. The molecule has 4 nitrogen and oxygen atoms in total. The van der Waals surface area contributed by atoms with E-state index in [2.05, 4.69) is 10.2 Å². The zero-order valence-electron chi connectivity index (χ0n) is 8.69. The summed E-state index contributed by atoms with van der Waals surface area (Å²) in [7, 11) is 0. The van der Waals surface area contributed by atoms with Gasteiger partial charge in [-0.15, -0.1) is 11.3 Å². The van der Waals surface area contributed by atoms with Gasteiger partial charge in [0.25, 0.3) is 0 Å². The van der Waals surface area contributed by atoms with Crippen molar-refractivity contribution in [3.8, 4) is 0 Å². The third-order valence-corrected chi connectivity index (χ3v) is 4.43. The van der Waals surface area contributed by atoms with Crippen LogP contribution >= 0.6 is 11.3 Å². The van der Waals surface area contributed by atoms with E-state index in [0.717, 1.165) is 41.6 Å². The number of thiophene rings is 1. The van der Waals surface area contributed by atoms with Gasteiger partial charge in [-0.2, -0.15) is 5.10 Å². The summed E-state index contributed by atoms with van der Waals surface area (Å²) in [5, 5.41) is 18.6. The van der Waals surface area contributed by atoms with Gasteiger partial charge >= 0.3 is 5.97 Å². The Morgan fingerprint density at radius 1 is 1.50 bits per heavy atom. The fourth-order valence-electron chi connectivity index (χ4n) is 2.62. The Morgan fingerprint density at radius 3 is 2.94 bits per heavy atom. The molecule has 84 valence electrons. The molecular formula is C11H12N2O2S. The number of nitrogens with one attached hydrogen (secondary N) is 1. The standard InChI is InChI=1S/C11H12N2O2S/c14-10(15)11(4-1-2-5-11)9-8-7(12-13-9)3-6-16-8/h3,6H,1-2,4-5H2,(H,12,13)(H,14,15). The smallest absolute Gasteiger partial charge is 0.315 e. The van der Waals surface area contributed by atoms with Crippen LogP contribution in [0.3, 0.4) is 0 Å². The van der Waals surface area contributed by atoms with E-state index in [1.807, 2.05) is 11.4 Å². The van der Waals surface area contributed by atoms with Crippen molar-refractivity contribution in [2.45, 2.75) is 31.1 Å². The maximum absolute atomic E-state index is 11.5. The average molecular weight is 236 g/mol. The predicted octanol–water partition coefficient (Wildman–Crippen LogP) is 2.52. The summed E-state index contributed by atoms with van der Waals surface area (Å²) in [5.41, 5.74) is 0.967. The molecule has 1 aliphatic rings. The van der Waals surface area contributed by atoms with Crippen LogP contribution in [-0.2, 0) is 10.2 Å². The average Bonchev–Trinajstić information content (AvgIpc) is 2.93. The zero-order valence-corrected chi connectivity index (χ0v) is 9.51. The SMILES string of the molecule is O=C(O)C1(c2[nH]nc3ccsc23)CCCC1. The van der Waals surface area contributed by atoms with Crippen molar-refractivity contribution in [3.63, 3.8) is 0 Å². The number of rotatable bonds is 2. The predicted molar refractivity (Wildman–Crippen MR) is 61.8 cm³/mol. The van der Waals surface area contributed by atoms with Gasteiger partial charge in [-0.05, 0) is 24.3 Å². The lowest BCUT2D eigenvalue weighted by atomic mass is 9.83. The van der Waals surface area contributed by atoms with E-state index < -0.39 is 11.4 Å². The topological polar surface area (TPSA) is 66.0 Å². The number of nitrogens with zero attached hydrogens (tertiary/aromatic N) is 1. The third kappa shape index (κ3) is 1.15. The molecule has 0 aliphatic heterocycles. The number of carboxylic acids is 1. The number of hydrogen-bond acceptors (Lipinski definition) is 3. The number of carboxylic acid groups (broad SMARTS) is 1. The number of carbonyl (C=O) groups is 1. The maximum Gasteiger partial charge on any atom is 0.315 e. The van der Waals surface area contributed by atoms with Gasteiger partial charge in [-0.1, -0.05) is 12.8 Å². The quantitative estimate of drug-likeness (QED) is 0.842. The molecule has 2 heterocycles. The minimum atomic E-state index is -0.723. The summed E-state index contributed by atoms with van der Waals surface area (Å²) < 4.78 is 1.00. The van der Waals surface area contributed by atoms with Gasteiger partial charge in [0.05, 0.1) is 10.4 Å². The molecule has 1 fully saturated rings. The summed E-state index contributed by atoms with van der Waals surface area (Å²) >= 11 is 1.57. The van der Waals surface area contributed by atoms with Crippen LogP contribution in [0.5, 0.6) is 0 Å². The minimum absolute atomic E-state index is 0.719. The first-order valence-electron chi connectivity index (χ1n) is 5.39. The van der Waals surface area contributed by atoms with Crippen molar-refractivity contribution < 1.29 is 9.90 Å². The minimum Gasteiger partial charge on any atom is -0.481 e. The van der Waals surface area contributed by atoms with E-state index in [1.165, 1.54) is 0 Å². The molecule has 0 aromatic carbocycles. The molecule has 16 heavy (non-hydrogen) atoms. The molecule has 0 saturated heterocycles. The van der Waals surface area contributed by atoms with Gasteiger partial charge in [0.15, 0.2) is 0 Å². The van der Waals surface area contributed by atoms with Crippen LogP contribution < -0.4 is 0 Å². The van der Waals surface area contributed by atoms with Crippen molar-refractivity contribution >= 4 is 27.5 Å². The number of H-pyrrole nitrogens is 1. The molecular weight excluding hydrogens is 224 g/mol. The van der Waals surface area contributed by atoms with Crippen LogP contribution in [0.2, 0.25) is 0 Å². The van der Waals surface area contributed by atoms with Crippen LogP contribution in [-0.4, -0.2) is 21.3 Å². The first-order valence-corrected chi connectivity index (χ1v) is 6.27. The molecule has 0 bridgehead atoms. The van der Waals surface area contributed by atoms with Crippen molar-refractivity contribution in [1.82, 2.24) is 10.2 Å². The lowest BCUT2D eigenvalue weighted by Gasteiger charge is -2.21. The van der Waals surface area contributed by atoms with Crippen LogP contribution in [0.15, 0.2) is 11.4 Å². The first kappa shape index (κ1) is 9.84. The molecule has 2 aromatic heterocycles. The number of hydrogen-bond donors (Lipinski definition) is 2. The van der Waals surface area contributed by atoms with Gasteiger partial charge in [-0.3, -0.25) is 9.89 Å². The van der Waals surface area contributed by atoms with Gasteiger partial charge in [-0.25, -0.2) is 0 Å². The van der Waals surface area contributed by atoms with Crippen molar-refractivity contribution in [2.24, 2.45) is 0 Å². The summed E-state index contributed by atoms with van der Waals surface area (Å²) in [6.07, 6.45) is 3.41. The molecule has 0 atom stereocenters. The van der Waals surface area contributed by atoms with Crippen LogP contribution in [0.1, 0.15) is 31.4 Å². The van der Waals surface area contributed by atoms with Gasteiger partial charge in [0.1, 0.15) is 10.9 Å². The van der Waals surface area contributed by atoms with E-state index in [4.69, 9.17) is 0 Å². The Labute approximate surface area is 96.3 Å². The Hall–Kier alpha value is -1.36. The zero-order chi connectivity index (χ0) is 11.2. The number of aromatic amines is 1. The van der Waals surface area contributed by atoms with Gasteiger partial charge < -0.3 is 5.11 Å². The second-order valence-electron chi connectivity index (χ2n) is 4.33. The van der Waals surface area contributed by atoms with Crippen LogP contribution in [0.4, 0.5) is 0 Å². The number of fused-ring (bicyclic) bond motifs is 1. The second kappa shape index (κ2) is 3.31. The fourth-order valence-corrected chi connectivity index (χ4v) is 3.54. The summed E-state index contributed by atoms with van der Waals surface area (Å²) in [6, 6.07) is 1.92. The molecule has 0 amide bonds. The van der Waals surface area contributed by atoms with Crippen molar-refractivity contribution in [1.29, 1.82) is 0 Å². The molecule has 2 N–H and O–H groups in total. The first-order chi connectivity index (χ1) is 7.74.